The quantitative estimate of drug-likeness (QED) is 0.441. The van der Waals surface area contributed by atoms with Crippen molar-refractivity contribution < 1.29 is 22.4 Å². The first-order valence-corrected chi connectivity index (χ1v) is 11.7. The van der Waals surface area contributed by atoms with Crippen LogP contribution in [-0.4, -0.2) is 39.8 Å². The molecule has 33 heavy (non-hydrogen) atoms. The predicted octanol–water partition coefficient (Wildman–Crippen LogP) is 4.29. The lowest BCUT2D eigenvalue weighted by Gasteiger charge is -2.15. The highest BCUT2D eigenvalue weighted by atomic mass is 32.2. The first-order chi connectivity index (χ1) is 15.8. The maximum Gasteiger partial charge on any atom is 0.287 e. The summed E-state index contributed by atoms with van der Waals surface area (Å²) in [6.45, 7) is 0.0245. The van der Waals surface area contributed by atoms with E-state index >= 15 is 0 Å². The standard InChI is InChI=1S/C25H24N2O5S/c1-27(2)33(29,30)22-12-8-7-11-18(22)16-26-25(28)24-23(17-9-5-4-6-10-17)20-14-13-19(31-3)15-21(20)32-24/h4-15H,16H2,1-3H3,(H,26,28). The zero-order valence-corrected chi connectivity index (χ0v) is 19.3. The number of fused-ring (bicyclic) bond motifs is 1. The molecule has 0 saturated heterocycles. The second-order valence-corrected chi connectivity index (χ2v) is 9.73. The predicted molar refractivity (Wildman–Crippen MR) is 127 cm³/mol. The first-order valence-electron chi connectivity index (χ1n) is 10.3. The van der Waals surface area contributed by atoms with Gasteiger partial charge < -0.3 is 14.5 Å². The van der Waals surface area contributed by atoms with Crippen LogP contribution in [0.5, 0.6) is 5.75 Å². The van der Waals surface area contributed by atoms with E-state index in [4.69, 9.17) is 9.15 Å². The molecule has 0 spiro atoms. The fraction of sp³-hybridized carbons (Fsp3) is 0.160. The number of sulfonamides is 1. The molecule has 3 aromatic carbocycles. The minimum Gasteiger partial charge on any atom is -0.497 e. The summed E-state index contributed by atoms with van der Waals surface area (Å²) < 4.78 is 37.7. The molecule has 0 radical (unpaired) electrons. The lowest BCUT2D eigenvalue weighted by molar-refractivity contribution is 0.0926. The molecule has 0 atom stereocenters. The van der Waals surface area contributed by atoms with Crippen molar-refractivity contribution >= 4 is 26.9 Å². The molecule has 1 N–H and O–H groups in total. The molecule has 1 aromatic heterocycles. The smallest absolute Gasteiger partial charge is 0.287 e. The van der Waals surface area contributed by atoms with Crippen molar-refractivity contribution in [2.75, 3.05) is 21.2 Å². The Morgan fingerprint density at radius 3 is 2.39 bits per heavy atom. The largest absolute Gasteiger partial charge is 0.497 e. The number of benzene rings is 3. The molecule has 0 aliphatic carbocycles. The number of carbonyl (C=O) groups is 1. The van der Waals surface area contributed by atoms with Crippen molar-refractivity contribution in [1.29, 1.82) is 0 Å². The Morgan fingerprint density at radius 1 is 1.00 bits per heavy atom. The Labute approximate surface area is 192 Å². The lowest BCUT2D eigenvalue weighted by atomic mass is 10.0. The zero-order chi connectivity index (χ0) is 23.6. The van der Waals surface area contributed by atoms with E-state index in [9.17, 15) is 13.2 Å². The van der Waals surface area contributed by atoms with Crippen molar-refractivity contribution in [3.63, 3.8) is 0 Å². The molecule has 0 bridgehead atoms. The van der Waals surface area contributed by atoms with Crippen LogP contribution in [0.15, 0.2) is 82.1 Å². The van der Waals surface area contributed by atoms with Gasteiger partial charge >= 0.3 is 0 Å². The lowest BCUT2D eigenvalue weighted by Crippen LogP contribution is -2.27. The van der Waals surface area contributed by atoms with Gasteiger partial charge in [0.1, 0.15) is 11.3 Å². The normalized spacial score (nSPS) is 11.6. The van der Waals surface area contributed by atoms with Crippen LogP contribution < -0.4 is 10.1 Å². The highest BCUT2D eigenvalue weighted by Gasteiger charge is 2.24. The van der Waals surface area contributed by atoms with E-state index < -0.39 is 15.9 Å². The number of ether oxygens (including phenoxy) is 1. The van der Waals surface area contributed by atoms with E-state index in [1.54, 1.807) is 31.4 Å². The van der Waals surface area contributed by atoms with Gasteiger partial charge in [-0.05, 0) is 29.3 Å². The monoisotopic (exact) mass is 464 g/mol. The fourth-order valence-corrected chi connectivity index (χ4v) is 4.72. The summed E-state index contributed by atoms with van der Waals surface area (Å²) in [5.41, 5.74) is 2.51. The topological polar surface area (TPSA) is 88.8 Å². The summed E-state index contributed by atoms with van der Waals surface area (Å²) in [6, 6.07) is 21.5. The molecule has 7 nitrogen and oxygen atoms in total. The van der Waals surface area contributed by atoms with E-state index in [2.05, 4.69) is 5.32 Å². The number of rotatable bonds is 7. The van der Waals surface area contributed by atoms with Gasteiger partial charge in [0.15, 0.2) is 0 Å². The van der Waals surface area contributed by atoms with Gasteiger partial charge in [0, 0.05) is 37.7 Å². The maximum absolute atomic E-state index is 13.2. The average molecular weight is 465 g/mol. The Bertz CT molecular complexity index is 1410. The van der Waals surface area contributed by atoms with Gasteiger partial charge in [0.25, 0.3) is 5.91 Å². The van der Waals surface area contributed by atoms with Gasteiger partial charge in [-0.1, -0.05) is 48.5 Å². The molecular formula is C25H24N2O5S. The maximum atomic E-state index is 13.2. The van der Waals surface area contributed by atoms with Gasteiger partial charge in [-0.2, -0.15) is 0 Å². The molecule has 4 aromatic rings. The highest BCUT2D eigenvalue weighted by Crippen LogP contribution is 2.36. The third-order valence-electron chi connectivity index (χ3n) is 5.34. The molecule has 170 valence electrons. The minimum absolute atomic E-state index is 0.0245. The van der Waals surface area contributed by atoms with Crippen molar-refractivity contribution in [2.45, 2.75) is 11.4 Å². The van der Waals surface area contributed by atoms with Crippen molar-refractivity contribution in [2.24, 2.45) is 0 Å². The molecule has 0 aliphatic heterocycles. The Hall–Kier alpha value is -3.62. The average Bonchev–Trinajstić information content (AvgIpc) is 3.22. The van der Waals surface area contributed by atoms with Crippen LogP contribution in [-0.2, 0) is 16.6 Å². The van der Waals surface area contributed by atoms with Gasteiger partial charge in [0.05, 0.1) is 12.0 Å². The SMILES string of the molecule is COc1ccc2c(-c3ccccc3)c(C(=O)NCc3ccccc3S(=O)(=O)N(C)C)oc2c1. The van der Waals surface area contributed by atoms with Crippen LogP contribution in [0.1, 0.15) is 16.1 Å². The molecule has 8 heteroatoms. The molecule has 1 heterocycles. The molecule has 0 aliphatic rings. The number of amides is 1. The third-order valence-corrected chi connectivity index (χ3v) is 7.25. The number of carbonyl (C=O) groups excluding carboxylic acids is 1. The van der Waals surface area contributed by atoms with Gasteiger partial charge in [-0.3, -0.25) is 4.79 Å². The summed E-state index contributed by atoms with van der Waals surface area (Å²) in [7, 11) is 0.853. The molecule has 0 unspecified atom stereocenters. The van der Waals surface area contributed by atoms with Crippen molar-refractivity contribution in [3.8, 4) is 16.9 Å². The number of nitrogens with one attached hydrogen (secondary N) is 1. The first kappa shape index (κ1) is 22.6. The summed E-state index contributed by atoms with van der Waals surface area (Å²) >= 11 is 0. The van der Waals surface area contributed by atoms with Crippen LogP contribution in [0, 0.1) is 0 Å². The van der Waals surface area contributed by atoms with E-state index in [0.717, 1.165) is 15.3 Å². The molecule has 0 fully saturated rings. The third kappa shape index (κ3) is 4.35. The molecule has 4 rings (SSSR count). The number of nitrogens with zero attached hydrogens (tertiary/aromatic N) is 1. The highest BCUT2D eigenvalue weighted by molar-refractivity contribution is 7.89. The van der Waals surface area contributed by atoms with E-state index in [1.165, 1.54) is 20.2 Å². The number of methoxy groups -OCH3 is 1. The van der Waals surface area contributed by atoms with Crippen LogP contribution in [0.2, 0.25) is 0 Å². The molecule has 0 saturated carbocycles. The second-order valence-electron chi connectivity index (χ2n) is 7.61. The van der Waals surface area contributed by atoms with Crippen LogP contribution in [0.3, 0.4) is 0 Å². The summed E-state index contributed by atoms with van der Waals surface area (Å²) in [5, 5.41) is 3.60. The van der Waals surface area contributed by atoms with Crippen LogP contribution >= 0.6 is 0 Å². The van der Waals surface area contributed by atoms with Gasteiger partial charge in [0.2, 0.25) is 15.8 Å². The summed E-state index contributed by atoms with van der Waals surface area (Å²) in [6.07, 6.45) is 0. The van der Waals surface area contributed by atoms with Gasteiger partial charge in [-0.25, -0.2) is 12.7 Å². The second kappa shape index (κ2) is 9.09. The van der Waals surface area contributed by atoms with Crippen molar-refractivity contribution in [1.82, 2.24) is 9.62 Å². The van der Waals surface area contributed by atoms with E-state index in [-0.39, 0.29) is 17.2 Å². The van der Waals surface area contributed by atoms with E-state index in [0.29, 0.717) is 22.5 Å². The molecule has 1 amide bonds. The Morgan fingerprint density at radius 2 is 1.70 bits per heavy atom. The zero-order valence-electron chi connectivity index (χ0n) is 18.5. The van der Waals surface area contributed by atoms with E-state index in [1.807, 2.05) is 42.5 Å². The van der Waals surface area contributed by atoms with Crippen molar-refractivity contribution in [3.05, 3.63) is 84.1 Å². The Balaban J connectivity index is 1.72. The summed E-state index contributed by atoms with van der Waals surface area (Å²) in [4.78, 5) is 13.4. The summed E-state index contributed by atoms with van der Waals surface area (Å²) in [5.74, 6) is 0.323. The van der Waals surface area contributed by atoms with Gasteiger partial charge in [-0.15, -0.1) is 0 Å². The Kier molecular flexibility index (Phi) is 6.22. The van der Waals surface area contributed by atoms with Crippen LogP contribution in [0.4, 0.5) is 0 Å². The minimum atomic E-state index is -3.65. The number of hydrogen-bond acceptors (Lipinski definition) is 5. The number of furan rings is 1. The molecular weight excluding hydrogens is 440 g/mol. The number of hydrogen-bond donors (Lipinski definition) is 1. The van der Waals surface area contributed by atoms with Crippen LogP contribution in [0.25, 0.3) is 22.1 Å². The fourth-order valence-electron chi connectivity index (χ4n) is 3.61.